The quantitative estimate of drug-likeness (QED) is 0.299. The van der Waals surface area contributed by atoms with Gasteiger partial charge in [0.15, 0.2) is 0 Å². The van der Waals surface area contributed by atoms with Gasteiger partial charge in [0.1, 0.15) is 17.5 Å². The number of ether oxygens (including phenoxy) is 1. The molecule has 3 heterocycles. The van der Waals surface area contributed by atoms with Crippen LogP contribution in [0.5, 0.6) is 0 Å². The van der Waals surface area contributed by atoms with E-state index in [-0.39, 0.29) is 30.8 Å². The first-order chi connectivity index (χ1) is 23.7. The molecule has 1 spiro atoms. The molecule has 2 aliphatic heterocycles. The van der Waals surface area contributed by atoms with Crippen molar-refractivity contribution in [2.45, 2.75) is 90.4 Å². The number of carbonyl (C=O) groups is 4. The van der Waals surface area contributed by atoms with Crippen molar-refractivity contribution < 1.29 is 23.9 Å². The number of aromatic nitrogens is 1. The summed E-state index contributed by atoms with van der Waals surface area (Å²) in [5.74, 6) is 0.171. The van der Waals surface area contributed by atoms with E-state index in [1.165, 1.54) is 4.90 Å². The molecule has 1 aromatic heterocycles. The maximum Gasteiger partial charge on any atom is 0.410 e. The number of fused-ring (bicyclic) bond motifs is 3. The van der Waals surface area contributed by atoms with Crippen molar-refractivity contribution >= 4 is 35.3 Å². The van der Waals surface area contributed by atoms with E-state index in [9.17, 15) is 19.2 Å². The van der Waals surface area contributed by atoms with E-state index in [0.717, 1.165) is 40.9 Å². The van der Waals surface area contributed by atoms with Crippen LogP contribution in [0, 0.1) is 5.41 Å². The average molecular weight is 681 g/mol. The van der Waals surface area contributed by atoms with Gasteiger partial charge in [-0.25, -0.2) is 9.78 Å². The molecule has 0 radical (unpaired) electrons. The molecule has 264 valence electrons. The van der Waals surface area contributed by atoms with E-state index in [1.807, 2.05) is 82.3 Å². The molecule has 6 rings (SSSR count). The number of pyridine rings is 1. The van der Waals surface area contributed by atoms with Crippen LogP contribution in [0.2, 0.25) is 0 Å². The van der Waals surface area contributed by atoms with Crippen LogP contribution in [-0.4, -0.2) is 70.4 Å². The molecule has 2 aromatic carbocycles. The Morgan fingerprint density at radius 3 is 2.36 bits per heavy atom. The third-order valence-electron chi connectivity index (χ3n) is 10.4. The van der Waals surface area contributed by atoms with Crippen molar-refractivity contribution in [3.8, 4) is 0 Å². The average Bonchev–Trinajstić information content (AvgIpc) is 3.59. The van der Waals surface area contributed by atoms with Gasteiger partial charge in [-0.2, -0.15) is 0 Å². The van der Waals surface area contributed by atoms with Gasteiger partial charge < -0.3 is 30.5 Å². The molecular weight excluding hydrogens is 632 g/mol. The summed E-state index contributed by atoms with van der Waals surface area (Å²) in [5, 5.41) is 9.36. The zero-order valence-corrected chi connectivity index (χ0v) is 29.9. The van der Waals surface area contributed by atoms with Crippen molar-refractivity contribution in [1.82, 2.24) is 20.1 Å². The summed E-state index contributed by atoms with van der Waals surface area (Å²) >= 11 is 0. The fourth-order valence-electron chi connectivity index (χ4n) is 7.37. The molecular formula is C39H48N6O5. The van der Waals surface area contributed by atoms with Gasteiger partial charge in [0.2, 0.25) is 17.7 Å². The number of hydrogen-bond acceptors (Lipinski definition) is 7. The Morgan fingerprint density at radius 2 is 1.66 bits per heavy atom. The van der Waals surface area contributed by atoms with E-state index in [2.05, 4.69) is 20.9 Å². The Kier molecular flexibility index (Phi) is 9.47. The van der Waals surface area contributed by atoms with Gasteiger partial charge in [-0.1, -0.05) is 43.3 Å². The molecule has 4 amide bonds. The molecule has 1 fully saturated rings. The highest BCUT2D eigenvalue weighted by atomic mass is 16.6. The van der Waals surface area contributed by atoms with Crippen LogP contribution in [0.25, 0.3) is 0 Å². The lowest BCUT2D eigenvalue weighted by Gasteiger charge is -2.40. The number of rotatable bonds is 8. The maximum atomic E-state index is 14.4. The lowest BCUT2D eigenvalue weighted by molar-refractivity contribution is -0.148. The molecule has 11 heteroatoms. The van der Waals surface area contributed by atoms with E-state index in [1.54, 1.807) is 25.1 Å². The van der Waals surface area contributed by atoms with Crippen molar-refractivity contribution in [2.24, 2.45) is 5.41 Å². The van der Waals surface area contributed by atoms with Crippen molar-refractivity contribution in [3.63, 3.8) is 0 Å². The second kappa shape index (κ2) is 13.5. The fourth-order valence-corrected chi connectivity index (χ4v) is 7.37. The zero-order valence-electron chi connectivity index (χ0n) is 29.9. The summed E-state index contributed by atoms with van der Waals surface area (Å²) in [4.78, 5) is 62.0. The van der Waals surface area contributed by atoms with Gasteiger partial charge in [0.25, 0.3) is 0 Å². The normalized spacial score (nSPS) is 19.6. The number of carbonyl (C=O) groups excluding carboxylic acids is 4. The maximum absolute atomic E-state index is 14.4. The van der Waals surface area contributed by atoms with E-state index >= 15 is 0 Å². The van der Waals surface area contributed by atoms with Gasteiger partial charge in [0.05, 0.1) is 5.41 Å². The summed E-state index contributed by atoms with van der Waals surface area (Å²) < 4.78 is 5.57. The minimum atomic E-state index is -0.802. The Balaban J connectivity index is 1.23. The van der Waals surface area contributed by atoms with Crippen LogP contribution >= 0.6 is 0 Å². The predicted octanol–water partition coefficient (Wildman–Crippen LogP) is 5.18. The number of hydrogen-bond donors (Lipinski definition) is 3. The number of nitrogens with one attached hydrogen (secondary N) is 3. The molecule has 0 saturated carbocycles. The molecule has 1 aliphatic carbocycles. The van der Waals surface area contributed by atoms with Gasteiger partial charge in [-0.15, -0.1) is 0 Å². The number of amides is 4. The standard InChI is InChI=1S/C39H48N6O5/c1-25(33(46)42-30-14-13-26-21-39(22-29(26)20-30)31-12-9-17-41-32(31)43-34(39)47)45(35(48)38(5)15-18-40-19-16-38)24-28-11-8-7-10-27(28)23-44(6)36(49)50-37(2,3)4/h7-14,17,20,25,40H,15-16,18-19,21-24H2,1-6H3,(H,42,46)(H,41,43,47)/t25-,39-/m1/s1. The summed E-state index contributed by atoms with van der Waals surface area (Å²) in [6.07, 6.45) is 3.64. The summed E-state index contributed by atoms with van der Waals surface area (Å²) in [7, 11) is 1.69. The van der Waals surface area contributed by atoms with Crippen LogP contribution < -0.4 is 16.0 Å². The number of benzene rings is 2. The smallest absolute Gasteiger partial charge is 0.410 e. The van der Waals surface area contributed by atoms with Crippen LogP contribution in [0.3, 0.4) is 0 Å². The number of anilines is 2. The highest BCUT2D eigenvalue weighted by Gasteiger charge is 2.51. The van der Waals surface area contributed by atoms with Gasteiger partial charge in [0, 0.05) is 43.0 Å². The summed E-state index contributed by atoms with van der Waals surface area (Å²) in [6.45, 7) is 11.2. The minimum absolute atomic E-state index is 0.0558. The summed E-state index contributed by atoms with van der Waals surface area (Å²) in [6, 6.07) is 16.5. The van der Waals surface area contributed by atoms with Crippen LogP contribution in [0.1, 0.15) is 75.3 Å². The van der Waals surface area contributed by atoms with E-state index in [4.69, 9.17) is 4.74 Å². The zero-order chi connectivity index (χ0) is 35.8. The molecule has 1 saturated heterocycles. The Morgan fingerprint density at radius 1 is 0.980 bits per heavy atom. The monoisotopic (exact) mass is 680 g/mol. The summed E-state index contributed by atoms with van der Waals surface area (Å²) in [5.41, 5.74) is 3.32. The highest BCUT2D eigenvalue weighted by molar-refractivity contribution is 6.06. The lowest BCUT2D eigenvalue weighted by Crippen LogP contribution is -2.53. The molecule has 3 aliphatic rings. The van der Waals surface area contributed by atoms with Crippen molar-refractivity contribution in [2.75, 3.05) is 30.8 Å². The van der Waals surface area contributed by atoms with Crippen LogP contribution in [0.4, 0.5) is 16.3 Å². The van der Waals surface area contributed by atoms with Crippen LogP contribution in [-0.2, 0) is 50.5 Å². The first-order valence-corrected chi connectivity index (χ1v) is 17.4. The molecule has 3 aromatic rings. The molecule has 11 nitrogen and oxygen atoms in total. The first kappa shape index (κ1) is 35.1. The fraction of sp³-hybridized carbons (Fsp3) is 0.462. The third-order valence-corrected chi connectivity index (χ3v) is 10.4. The molecule has 50 heavy (non-hydrogen) atoms. The SMILES string of the molecule is C[C@H](C(=O)Nc1ccc2c(c1)C[C@@]1(C2)C(=O)Nc2ncccc21)N(Cc1ccccc1CN(C)C(=O)OC(C)(C)C)C(=O)C1(C)CCNCC1. The van der Waals surface area contributed by atoms with Gasteiger partial charge in [-0.05, 0) is 107 Å². The Labute approximate surface area is 294 Å². The second-order valence-electron chi connectivity index (χ2n) is 15.3. The van der Waals surface area contributed by atoms with E-state index < -0.39 is 28.6 Å². The largest absolute Gasteiger partial charge is 0.444 e. The molecule has 0 bridgehead atoms. The lowest BCUT2D eigenvalue weighted by atomic mass is 9.79. The minimum Gasteiger partial charge on any atom is -0.444 e. The molecule has 3 N–H and O–H groups in total. The first-order valence-electron chi connectivity index (χ1n) is 17.4. The van der Waals surface area contributed by atoms with Crippen molar-refractivity contribution in [3.05, 3.63) is 88.6 Å². The third kappa shape index (κ3) is 6.96. The predicted molar refractivity (Wildman–Crippen MR) is 191 cm³/mol. The van der Waals surface area contributed by atoms with Gasteiger partial charge >= 0.3 is 6.09 Å². The second-order valence-corrected chi connectivity index (χ2v) is 15.3. The van der Waals surface area contributed by atoms with E-state index in [0.29, 0.717) is 37.2 Å². The Bertz CT molecular complexity index is 1810. The Hall–Kier alpha value is -4.77. The molecule has 0 unspecified atom stereocenters. The molecule has 2 atom stereocenters. The topological polar surface area (TPSA) is 133 Å². The highest BCUT2D eigenvalue weighted by Crippen LogP contribution is 2.47. The number of nitrogens with zero attached hydrogens (tertiary/aromatic N) is 3. The van der Waals surface area contributed by atoms with Gasteiger partial charge in [-0.3, -0.25) is 14.4 Å². The number of piperidine rings is 1. The van der Waals surface area contributed by atoms with Crippen LogP contribution in [0.15, 0.2) is 60.8 Å². The van der Waals surface area contributed by atoms with Crippen molar-refractivity contribution in [1.29, 1.82) is 0 Å².